The van der Waals surface area contributed by atoms with Crippen LogP contribution in [0.25, 0.3) is 0 Å². The van der Waals surface area contributed by atoms with Crippen molar-refractivity contribution in [3.8, 4) is 5.88 Å². The molecule has 0 spiro atoms. The Hall–Kier alpha value is -4.00. The predicted molar refractivity (Wildman–Crippen MR) is 117 cm³/mol. The zero-order chi connectivity index (χ0) is 22.5. The van der Waals surface area contributed by atoms with Crippen molar-refractivity contribution < 1.29 is 24.2 Å². The van der Waals surface area contributed by atoms with E-state index >= 15 is 0 Å². The maximum Gasteiger partial charge on any atom is 0.372 e. The third kappa shape index (κ3) is 4.67. The molecule has 1 fully saturated rings. The number of carboxylic acid groups (broad SMARTS) is 1. The molecular formula is C25H22N2O5. The highest BCUT2D eigenvalue weighted by molar-refractivity contribution is 6.34. The lowest BCUT2D eigenvalue weighted by molar-refractivity contribution is -0.151. The summed E-state index contributed by atoms with van der Waals surface area (Å²) >= 11 is 0. The van der Waals surface area contributed by atoms with Gasteiger partial charge in [-0.3, -0.25) is 14.5 Å². The van der Waals surface area contributed by atoms with Gasteiger partial charge < -0.3 is 9.84 Å². The van der Waals surface area contributed by atoms with Gasteiger partial charge >= 0.3 is 5.97 Å². The number of hydrogen-bond acceptors (Lipinski definition) is 5. The van der Waals surface area contributed by atoms with Gasteiger partial charge in [0.15, 0.2) is 0 Å². The number of aromatic nitrogens is 1. The monoisotopic (exact) mass is 430 g/mol. The fraction of sp³-hybridized carbons (Fsp3) is 0.200. The normalized spacial score (nSPS) is 17.9. The highest BCUT2D eigenvalue weighted by Crippen LogP contribution is 2.32. The first-order valence-corrected chi connectivity index (χ1v) is 10.3. The lowest BCUT2D eigenvalue weighted by atomic mass is 9.86. The third-order valence-corrected chi connectivity index (χ3v) is 5.51. The Kier molecular flexibility index (Phi) is 6.26. The van der Waals surface area contributed by atoms with E-state index in [9.17, 15) is 19.5 Å². The molecule has 4 rings (SSSR count). The molecular weight excluding hydrogens is 408 g/mol. The van der Waals surface area contributed by atoms with Gasteiger partial charge in [-0.2, -0.15) is 4.98 Å². The van der Waals surface area contributed by atoms with Gasteiger partial charge in [0, 0.05) is 12.6 Å². The molecule has 32 heavy (non-hydrogen) atoms. The van der Waals surface area contributed by atoms with Crippen LogP contribution in [-0.2, 0) is 27.4 Å². The van der Waals surface area contributed by atoms with Crippen molar-refractivity contribution in [2.45, 2.75) is 13.0 Å². The van der Waals surface area contributed by atoms with Crippen LogP contribution >= 0.6 is 0 Å². The van der Waals surface area contributed by atoms with Gasteiger partial charge in [-0.25, -0.2) is 4.79 Å². The van der Waals surface area contributed by atoms with Crippen LogP contribution in [0.3, 0.4) is 0 Å². The Bertz CT molecular complexity index is 1120. The second-order valence-corrected chi connectivity index (χ2v) is 7.63. The number of carboxylic acids is 1. The van der Waals surface area contributed by atoms with E-state index in [1.54, 1.807) is 18.2 Å². The summed E-state index contributed by atoms with van der Waals surface area (Å²) in [6.07, 6.45) is 0.282. The highest BCUT2D eigenvalue weighted by Gasteiger charge is 2.46. The number of benzene rings is 2. The summed E-state index contributed by atoms with van der Waals surface area (Å²) in [5, 5.41) is 9.28. The molecule has 0 unspecified atom stereocenters. The van der Waals surface area contributed by atoms with Gasteiger partial charge in [-0.1, -0.05) is 66.7 Å². The molecule has 7 nitrogen and oxygen atoms in total. The first kappa shape index (κ1) is 21.2. The van der Waals surface area contributed by atoms with Crippen molar-refractivity contribution in [3.63, 3.8) is 0 Å². The molecule has 1 N–H and O–H groups in total. The van der Waals surface area contributed by atoms with Crippen LogP contribution in [0.1, 0.15) is 11.1 Å². The van der Waals surface area contributed by atoms with Crippen LogP contribution in [0.2, 0.25) is 0 Å². The summed E-state index contributed by atoms with van der Waals surface area (Å²) in [5.41, 5.74) is 1.84. The van der Waals surface area contributed by atoms with Crippen LogP contribution in [-0.4, -0.2) is 34.3 Å². The quantitative estimate of drug-likeness (QED) is 0.552. The molecule has 1 aromatic heterocycles. The predicted octanol–water partition coefficient (Wildman–Crippen LogP) is 3.14. The molecule has 7 heteroatoms. The summed E-state index contributed by atoms with van der Waals surface area (Å²) in [4.78, 5) is 42.8. The zero-order valence-electron chi connectivity index (χ0n) is 17.3. The van der Waals surface area contributed by atoms with Gasteiger partial charge in [-0.05, 0) is 23.6 Å². The summed E-state index contributed by atoms with van der Waals surface area (Å²) in [7, 11) is 0. The average molecular weight is 430 g/mol. The molecule has 1 aliphatic heterocycles. The number of carbonyl (C=O) groups is 3. The van der Waals surface area contributed by atoms with Crippen molar-refractivity contribution in [2.75, 3.05) is 11.4 Å². The molecule has 0 bridgehead atoms. The van der Waals surface area contributed by atoms with Crippen LogP contribution in [0, 0.1) is 11.8 Å². The van der Waals surface area contributed by atoms with Gasteiger partial charge in [-0.15, -0.1) is 0 Å². The number of hydrogen-bond donors (Lipinski definition) is 1. The molecule has 162 valence electrons. The minimum Gasteiger partial charge on any atom is -0.475 e. The van der Waals surface area contributed by atoms with E-state index in [-0.39, 0.29) is 18.9 Å². The van der Waals surface area contributed by atoms with Crippen molar-refractivity contribution in [1.82, 2.24) is 4.98 Å². The number of carbonyl (C=O) groups excluding carboxylic acids is 2. The van der Waals surface area contributed by atoms with E-state index in [0.717, 1.165) is 11.1 Å². The molecule has 2 atom stereocenters. The first-order valence-electron chi connectivity index (χ1n) is 10.3. The Morgan fingerprint density at radius 1 is 0.938 bits per heavy atom. The Labute approximate surface area is 185 Å². The number of rotatable bonds is 8. The van der Waals surface area contributed by atoms with E-state index in [1.807, 2.05) is 60.7 Å². The summed E-state index contributed by atoms with van der Waals surface area (Å²) in [6, 6.07) is 23.9. The molecule has 2 aromatic carbocycles. The topological polar surface area (TPSA) is 96.8 Å². The van der Waals surface area contributed by atoms with E-state index in [2.05, 4.69) is 4.98 Å². The second-order valence-electron chi connectivity index (χ2n) is 7.63. The minimum atomic E-state index is -1.53. The molecule has 1 saturated heterocycles. The maximum absolute atomic E-state index is 13.2. The average Bonchev–Trinajstić information content (AvgIpc) is 3.14. The minimum absolute atomic E-state index is 0.0311. The van der Waals surface area contributed by atoms with E-state index < -0.39 is 23.6 Å². The Balaban J connectivity index is 1.55. The standard InChI is InChI=1S/C25H22N2O5/c28-23(25(30)31)20-15-27(24(29)19(20)14-17-8-3-1-4-9-17)21-12-7-13-22(26-21)32-16-18-10-5-2-6-11-18/h1-13,19-20H,14-16H2,(H,30,31)/t19-,20+/m1/s1. The lowest BCUT2D eigenvalue weighted by Crippen LogP contribution is -2.31. The number of Topliss-reactive ketones (excluding diaryl/α,β-unsaturated/α-hetero) is 1. The van der Waals surface area contributed by atoms with Gasteiger partial charge in [0.05, 0.1) is 11.8 Å². The molecule has 1 amide bonds. The van der Waals surface area contributed by atoms with E-state index in [4.69, 9.17) is 4.74 Å². The highest BCUT2D eigenvalue weighted by atomic mass is 16.5. The number of nitrogens with zero attached hydrogens (tertiary/aromatic N) is 2. The number of amides is 1. The van der Waals surface area contributed by atoms with E-state index in [0.29, 0.717) is 18.3 Å². The summed E-state index contributed by atoms with van der Waals surface area (Å²) in [6.45, 7) is 0.290. The van der Waals surface area contributed by atoms with Gasteiger partial charge in [0.2, 0.25) is 17.6 Å². The van der Waals surface area contributed by atoms with E-state index in [1.165, 1.54) is 4.90 Å². The van der Waals surface area contributed by atoms with Crippen LogP contribution in [0.4, 0.5) is 5.82 Å². The fourth-order valence-corrected chi connectivity index (χ4v) is 3.88. The van der Waals surface area contributed by atoms with Crippen molar-refractivity contribution >= 4 is 23.5 Å². The third-order valence-electron chi connectivity index (χ3n) is 5.51. The van der Waals surface area contributed by atoms with Gasteiger partial charge in [0.25, 0.3) is 0 Å². The number of ether oxygens (including phenoxy) is 1. The van der Waals surface area contributed by atoms with Crippen molar-refractivity contribution in [1.29, 1.82) is 0 Å². The SMILES string of the molecule is O=C(O)C(=O)[C@H]1CN(c2cccc(OCc3ccccc3)n2)C(=O)[C@@H]1Cc1ccccc1. The molecule has 2 heterocycles. The molecule has 3 aromatic rings. The van der Waals surface area contributed by atoms with Crippen LogP contribution < -0.4 is 9.64 Å². The molecule has 0 radical (unpaired) electrons. The smallest absolute Gasteiger partial charge is 0.372 e. The largest absolute Gasteiger partial charge is 0.475 e. The first-order chi connectivity index (χ1) is 15.5. The summed E-state index contributed by atoms with van der Waals surface area (Å²) in [5.74, 6) is -3.85. The number of pyridine rings is 1. The maximum atomic E-state index is 13.2. The van der Waals surface area contributed by atoms with Crippen LogP contribution in [0.15, 0.2) is 78.9 Å². The second kappa shape index (κ2) is 9.43. The van der Waals surface area contributed by atoms with Crippen LogP contribution in [0.5, 0.6) is 5.88 Å². The number of aliphatic carboxylic acids is 1. The summed E-state index contributed by atoms with van der Waals surface area (Å²) < 4.78 is 5.75. The number of ketones is 1. The van der Waals surface area contributed by atoms with Gasteiger partial charge in [0.1, 0.15) is 12.4 Å². The van der Waals surface area contributed by atoms with Crippen molar-refractivity contribution in [2.24, 2.45) is 11.8 Å². The zero-order valence-corrected chi connectivity index (χ0v) is 17.3. The molecule has 0 aliphatic carbocycles. The molecule has 1 aliphatic rings. The Morgan fingerprint density at radius 2 is 1.59 bits per heavy atom. The fourth-order valence-electron chi connectivity index (χ4n) is 3.88. The molecule has 0 saturated carbocycles. The lowest BCUT2D eigenvalue weighted by Gasteiger charge is -2.16. The Morgan fingerprint density at radius 3 is 2.25 bits per heavy atom. The van der Waals surface area contributed by atoms with Crippen molar-refractivity contribution in [3.05, 3.63) is 90.0 Å². The number of anilines is 1.